The van der Waals surface area contributed by atoms with Gasteiger partial charge in [-0.2, -0.15) is 0 Å². The minimum absolute atomic E-state index is 0.0637. The van der Waals surface area contributed by atoms with Gasteiger partial charge in [-0.05, 0) is 19.3 Å². The van der Waals surface area contributed by atoms with E-state index in [0.29, 0.717) is 0 Å². The molecule has 96 valence electrons. The zero-order chi connectivity index (χ0) is 12.4. The van der Waals surface area contributed by atoms with Crippen LogP contribution in [0.15, 0.2) is 0 Å². The highest BCUT2D eigenvalue weighted by atomic mass is 16.6. The maximum Gasteiger partial charge on any atom is 0.302 e. The van der Waals surface area contributed by atoms with E-state index in [2.05, 4.69) is 20.8 Å². The normalized spacial score (nSPS) is 14.5. The second-order valence-electron chi connectivity index (χ2n) is 4.13. The van der Waals surface area contributed by atoms with Crippen molar-refractivity contribution in [2.45, 2.75) is 72.0 Å². The summed E-state index contributed by atoms with van der Waals surface area (Å²) < 4.78 is 11.1. The van der Waals surface area contributed by atoms with E-state index in [1.165, 1.54) is 6.92 Å². The number of hydrogen-bond donors (Lipinski definition) is 0. The minimum Gasteiger partial charge on any atom is -0.460 e. The largest absolute Gasteiger partial charge is 0.460 e. The molecule has 0 aromatic carbocycles. The lowest BCUT2D eigenvalue weighted by atomic mass is 10.0. The number of carbonyl (C=O) groups excluding carboxylic acids is 1. The molecule has 0 amide bonds. The van der Waals surface area contributed by atoms with Crippen molar-refractivity contribution < 1.29 is 14.3 Å². The first-order valence-corrected chi connectivity index (χ1v) is 6.44. The van der Waals surface area contributed by atoms with Crippen LogP contribution in [0.25, 0.3) is 0 Å². The van der Waals surface area contributed by atoms with E-state index in [9.17, 15) is 4.79 Å². The van der Waals surface area contributed by atoms with Crippen LogP contribution >= 0.6 is 0 Å². The molecule has 0 saturated carbocycles. The standard InChI is InChI=1S/C13H26O3/c1-5-8-12(15-10-7-3)13(9-6-2)16-11(4)14/h12-13H,5-10H2,1-4H3. The lowest BCUT2D eigenvalue weighted by Crippen LogP contribution is -2.33. The average molecular weight is 230 g/mol. The van der Waals surface area contributed by atoms with Crippen molar-refractivity contribution in [2.24, 2.45) is 0 Å². The van der Waals surface area contributed by atoms with Gasteiger partial charge in [0.05, 0.1) is 6.10 Å². The van der Waals surface area contributed by atoms with Crippen LogP contribution in [-0.4, -0.2) is 24.8 Å². The third-order valence-corrected chi connectivity index (χ3v) is 2.41. The van der Waals surface area contributed by atoms with Crippen LogP contribution in [0.5, 0.6) is 0 Å². The molecule has 0 rings (SSSR count). The van der Waals surface area contributed by atoms with Crippen LogP contribution in [0.4, 0.5) is 0 Å². The van der Waals surface area contributed by atoms with Crippen molar-refractivity contribution in [1.29, 1.82) is 0 Å². The molecule has 0 aromatic heterocycles. The molecule has 0 spiro atoms. The van der Waals surface area contributed by atoms with Gasteiger partial charge in [-0.25, -0.2) is 0 Å². The fourth-order valence-corrected chi connectivity index (χ4v) is 1.75. The molecule has 0 aliphatic rings. The smallest absolute Gasteiger partial charge is 0.302 e. The molecule has 0 fully saturated rings. The van der Waals surface area contributed by atoms with Crippen molar-refractivity contribution in [2.75, 3.05) is 6.61 Å². The molecule has 3 heteroatoms. The molecule has 3 nitrogen and oxygen atoms in total. The summed E-state index contributed by atoms with van der Waals surface area (Å²) >= 11 is 0. The van der Waals surface area contributed by atoms with Crippen LogP contribution in [0.1, 0.15) is 59.8 Å². The predicted molar refractivity (Wildman–Crippen MR) is 65.4 cm³/mol. The molecule has 0 aliphatic carbocycles. The molecular formula is C13H26O3. The monoisotopic (exact) mass is 230 g/mol. The molecule has 0 aromatic rings. The second-order valence-corrected chi connectivity index (χ2v) is 4.13. The summed E-state index contributed by atoms with van der Waals surface area (Å²) in [4.78, 5) is 11.0. The molecule has 16 heavy (non-hydrogen) atoms. The van der Waals surface area contributed by atoms with Gasteiger partial charge in [0.15, 0.2) is 0 Å². The lowest BCUT2D eigenvalue weighted by molar-refractivity contribution is -0.156. The third-order valence-electron chi connectivity index (χ3n) is 2.41. The highest BCUT2D eigenvalue weighted by molar-refractivity contribution is 5.66. The van der Waals surface area contributed by atoms with E-state index in [4.69, 9.17) is 9.47 Å². The second kappa shape index (κ2) is 9.64. The van der Waals surface area contributed by atoms with Gasteiger partial charge in [0.2, 0.25) is 0 Å². The van der Waals surface area contributed by atoms with Crippen molar-refractivity contribution in [3.8, 4) is 0 Å². The van der Waals surface area contributed by atoms with Gasteiger partial charge < -0.3 is 9.47 Å². The van der Waals surface area contributed by atoms with Crippen LogP contribution in [0.3, 0.4) is 0 Å². The van der Waals surface area contributed by atoms with Crippen LogP contribution in [0.2, 0.25) is 0 Å². The Morgan fingerprint density at radius 1 is 1.00 bits per heavy atom. The highest BCUT2D eigenvalue weighted by Crippen LogP contribution is 2.16. The van der Waals surface area contributed by atoms with Crippen LogP contribution in [-0.2, 0) is 14.3 Å². The van der Waals surface area contributed by atoms with Gasteiger partial charge in [-0.3, -0.25) is 4.79 Å². The summed E-state index contributed by atoms with van der Waals surface area (Å²) in [5.74, 6) is -0.209. The molecule has 2 atom stereocenters. The Morgan fingerprint density at radius 2 is 1.56 bits per heavy atom. The molecule has 0 bridgehead atoms. The Labute approximate surface area is 99.5 Å². The maximum atomic E-state index is 11.0. The minimum atomic E-state index is -0.209. The first kappa shape index (κ1) is 15.4. The lowest BCUT2D eigenvalue weighted by Gasteiger charge is -2.26. The first-order valence-electron chi connectivity index (χ1n) is 6.44. The van der Waals surface area contributed by atoms with Gasteiger partial charge in [-0.15, -0.1) is 0 Å². The van der Waals surface area contributed by atoms with Crippen molar-refractivity contribution in [3.63, 3.8) is 0 Å². The third kappa shape index (κ3) is 6.83. The summed E-state index contributed by atoms with van der Waals surface area (Å²) in [5.41, 5.74) is 0. The van der Waals surface area contributed by atoms with Gasteiger partial charge in [-0.1, -0.05) is 33.6 Å². The van der Waals surface area contributed by atoms with E-state index in [-0.39, 0.29) is 18.2 Å². The van der Waals surface area contributed by atoms with Crippen molar-refractivity contribution in [1.82, 2.24) is 0 Å². The Hall–Kier alpha value is -0.570. The molecule has 0 radical (unpaired) electrons. The Bertz CT molecular complexity index is 180. The maximum absolute atomic E-state index is 11.0. The highest BCUT2D eigenvalue weighted by Gasteiger charge is 2.23. The Balaban J connectivity index is 4.31. The molecule has 0 N–H and O–H groups in total. The van der Waals surface area contributed by atoms with E-state index in [1.54, 1.807) is 0 Å². The fraction of sp³-hybridized carbons (Fsp3) is 0.923. The summed E-state index contributed by atoms with van der Waals surface area (Å²) in [6.45, 7) is 8.51. The van der Waals surface area contributed by atoms with E-state index < -0.39 is 0 Å². The summed E-state index contributed by atoms with van der Waals surface area (Å²) in [6, 6.07) is 0. The van der Waals surface area contributed by atoms with E-state index in [0.717, 1.165) is 38.7 Å². The molecule has 2 unspecified atom stereocenters. The Kier molecular flexibility index (Phi) is 9.30. The van der Waals surface area contributed by atoms with Gasteiger partial charge in [0, 0.05) is 13.5 Å². The van der Waals surface area contributed by atoms with Crippen molar-refractivity contribution >= 4 is 5.97 Å². The van der Waals surface area contributed by atoms with E-state index in [1.807, 2.05) is 0 Å². The first-order chi connectivity index (χ1) is 7.65. The predicted octanol–water partition coefficient (Wildman–Crippen LogP) is 3.31. The average Bonchev–Trinajstić information content (AvgIpc) is 2.23. The molecule has 0 aliphatic heterocycles. The van der Waals surface area contributed by atoms with Gasteiger partial charge in [0.1, 0.15) is 6.10 Å². The van der Waals surface area contributed by atoms with Crippen LogP contribution in [0, 0.1) is 0 Å². The summed E-state index contributed by atoms with van der Waals surface area (Å²) in [7, 11) is 0. The zero-order valence-electron chi connectivity index (χ0n) is 11.1. The molecule has 0 saturated heterocycles. The molecular weight excluding hydrogens is 204 g/mol. The quantitative estimate of drug-likeness (QED) is 0.570. The molecule has 0 heterocycles. The van der Waals surface area contributed by atoms with Crippen molar-refractivity contribution in [3.05, 3.63) is 0 Å². The summed E-state index contributed by atoms with van der Waals surface area (Å²) in [5, 5.41) is 0. The number of rotatable bonds is 9. The number of esters is 1. The SMILES string of the molecule is CCCOC(CCC)C(CCC)OC(C)=O. The van der Waals surface area contributed by atoms with Gasteiger partial charge >= 0.3 is 5.97 Å². The topological polar surface area (TPSA) is 35.5 Å². The summed E-state index contributed by atoms with van der Waals surface area (Å²) in [6.07, 6.45) is 4.89. The Morgan fingerprint density at radius 3 is 2.00 bits per heavy atom. The number of hydrogen-bond acceptors (Lipinski definition) is 3. The number of carbonyl (C=O) groups is 1. The number of ether oxygens (including phenoxy) is 2. The zero-order valence-corrected chi connectivity index (χ0v) is 11.1. The van der Waals surface area contributed by atoms with E-state index >= 15 is 0 Å². The van der Waals surface area contributed by atoms with Crippen LogP contribution < -0.4 is 0 Å². The van der Waals surface area contributed by atoms with Gasteiger partial charge in [0.25, 0.3) is 0 Å². The fourth-order valence-electron chi connectivity index (χ4n) is 1.75.